The van der Waals surface area contributed by atoms with Crippen LogP contribution in [0.2, 0.25) is 0 Å². The van der Waals surface area contributed by atoms with Crippen LogP contribution >= 0.6 is 63.7 Å². The molecular formula is C20H14Br4Na4O10S2. The number of ether oxygens (including phenoxy) is 1. The van der Waals surface area contributed by atoms with Crippen LogP contribution in [0.1, 0.15) is 27.0 Å². The molecule has 4 rings (SSSR count). The fraction of sp³-hybridized carbons (Fsp3) is 0.0500. The molecule has 4 N–H and O–H groups in total. The first kappa shape index (κ1) is 42.5. The van der Waals surface area contributed by atoms with E-state index in [-0.39, 0.29) is 149 Å². The molecule has 198 valence electrons. The third-order valence-corrected chi connectivity index (χ3v) is 11.9. The van der Waals surface area contributed by atoms with Gasteiger partial charge in [-0.3, -0.25) is 9.11 Å². The number of fused-ring (bicyclic) bond motifs is 1. The quantitative estimate of drug-likeness (QED) is 0.100. The number of esters is 1. The molecule has 0 saturated carbocycles. The second-order valence-electron chi connectivity index (χ2n) is 7.39. The summed E-state index contributed by atoms with van der Waals surface area (Å²) in [6.07, 6.45) is 0. The number of hydrogen-bond acceptors (Lipinski definition) is 8. The fourth-order valence-electron chi connectivity index (χ4n) is 3.85. The van der Waals surface area contributed by atoms with Crippen molar-refractivity contribution in [3.8, 4) is 11.5 Å². The number of phenols is 2. The van der Waals surface area contributed by atoms with E-state index in [0.717, 1.165) is 24.3 Å². The number of benzene rings is 3. The third-order valence-electron chi connectivity index (χ3n) is 5.36. The van der Waals surface area contributed by atoms with Crippen molar-refractivity contribution >= 4 is 208 Å². The SMILES string of the molecule is O=C1OC(c2ccc(O)c(S(=O)(=O)O)c2)(c2ccc(O)c(S(=O)(=O)O)c2)c2c(Br)c(Br)c(Br)c(Br)c21.[NaH].[NaH].[NaH].[NaH]. The molecule has 0 radical (unpaired) electrons. The first-order chi connectivity index (χ1) is 16.5. The van der Waals surface area contributed by atoms with Crippen LogP contribution in [-0.4, -0.2) is 160 Å². The molecule has 0 unspecified atom stereocenters. The zero-order chi connectivity index (χ0) is 27.0. The maximum atomic E-state index is 13.2. The number of carbonyl (C=O) groups excluding carboxylic acids is 1. The van der Waals surface area contributed by atoms with Crippen LogP contribution in [0.5, 0.6) is 11.5 Å². The molecule has 0 aliphatic carbocycles. The monoisotopic (exact) mass is 886 g/mol. The predicted molar refractivity (Wildman–Crippen MR) is 167 cm³/mol. The molecule has 0 aromatic heterocycles. The van der Waals surface area contributed by atoms with Crippen molar-refractivity contribution in [1.29, 1.82) is 0 Å². The van der Waals surface area contributed by atoms with Crippen molar-refractivity contribution in [3.63, 3.8) is 0 Å². The Bertz CT molecular complexity index is 1640. The van der Waals surface area contributed by atoms with Gasteiger partial charge in [-0.25, -0.2) is 4.79 Å². The van der Waals surface area contributed by atoms with Crippen LogP contribution in [0.3, 0.4) is 0 Å². The second-order valence-corrected chi connectivity index (χ2v) is 13.3. The molecular weight excluding hydrogens is 876 g/mol. The summed E-state index contributed by atoms with van der Waals surface area (Å²) < 4.78 is 74.1. The standard InChI is InChI=1S/C20H10Br4O10S2.4Na.4H/c21-15-13-14(16(22)18(24)17(15)23)20(34-19(13)27,7-1-3-9(25)11(5-7)35(28,29)30)8-2-4-10(26)12(6-8)36(31,32)33;;;;;;;;/h1-6,25-26H,(H,28,29,30)(H,31,32,33);;;;;;;;. The Labute approximate surface area is 351 Å². The number of hydrogen-bond donors (Lipinski definition) is 4. The van der Waals surface area contributed by atoms with E-state index in [9.17, 15) is 40.9 Å². The number of phenolic OH excluding ortho intramolecular Hbond substituents is 2. The second kappa shape index (κ2) is 15.4. The van der Waals surface area contributed by atoms with Gasteiger partial charge in [0.1, 0.15) is 21.3 Å². The molecule has 0 fully saturated rings. The summed E-state index contributed by atoms with van der Waals surface area (Å²) in [6, 6.07) is 5.97. The van der Waals surface area contributed by atoms with Gasteiger partial charge in [0.05, 0.1) is 5.56 Å². The van der Waals surface area contributed by atoms with E-state index in [4.69, 9.17) is 4.74 Å². The van der Waals surface area contributed by atoms with Crippen molar-refractivity contribution in [2.75, 3.05) is 0 Å². The first-order valence-corrected chi connectivity index (χ1v) is 15.3. The molecule has 20 heteroatoms. The molecule has 1 aliphatic heterocycles. The Morgan fingerprint density at radius 3 is 1.40 bits per heavy atom. The van der Waals surface area contributed by atoms with Crippen molar-refractivity contribution in [3.05, 3.63) is 76.5 Å². The van der Waals surface area contributed by atoms with Gasteiger partial charge in [0.2, 0.25) is 0 Å². The molecule has 40 heavy (non-hydrogen) atoms. The Hall–Kier alpha value is 2.47. The molecule has 0 spiro atoms. The maximum absolute atomic E-state index is 13.2. The molecule has 0 amide bonds. The van der Waals surface area contributed by atoms with E-state index < -0.39 is 53.1 Å². The summed E-state index contributed by atoms with van der Waals surface area (Å²) in [6.45, 7) is 0. The van der Waals surface area contributed by atoms with Crippen LogP contribution in [0.4, 0.5) is 0 Å². The Morgan fingerprint density at radius 2 is 1.02 bits per heavy atom. The van der Waals surface area contributed by atoms with Crippen LogP contribution in [0.15, 0.2) is 64.1 Å². The molecule has 1 aliphatic rings. The van der Waals surface area contributed by atoms with Gasteiger partial charge in [-0.1, -0.05) is 12.1 Å². The van der Waals surface area contributed by atoms with Crippen LogP contribution < -0.4 is 0 Å². The zero-order valence-electron chi connectivity index (χ0n) is 17.0. The van der Waals surface area contributed by atoms with Crippen LogP contribution in [0, 0.1) is 0 Å². The van der Waals surface area contributed by atoms with Gasteiger partial charge >= 0.3 is 124 Å². The van der Waals surface area contributed by atoms with Gasteiger partial charge in [-0.15, -0.1) is 0 Å². The minimum absolute atomic E-state index is 0. The summed E-state index contributed by atoms with van der Waals surface area (Å²) in [5.41, 5.74) is -2.31. The summed E-state index contributed by atoms with van der Waals surface area (Å²) in [5, 5.41) is 20.1. The van der Waals surface area contributed by atoms with Gasteiger partial charge in [0.15, 0.2) is 5.60 Å². The molecule has 10 nitrogen and oxygen atoms in total. The van der Waals surface area contributed by atoms with Crippen LogP contribution in [-0.2, 0) is 30.6 Å². The average Bonchev–Trinajstić information content (AvgIpc) is 3.09. The van der Waals surface area contributed by atoms with Crippen molar-refractivity contribution in [2.45, 2.75) is 15.4 Å². The van der Waals surface area contributed by atoms with Gasteiger partial charge in [-0.05, 0) is 88.0 Å². The van der Waals surface area contributed by atoms with E-state index in [1.807, 2.05) is 0 Å². The van der Waals surface area contributed by atoms with Crippen molar-refractivity contribution in [2.24, 2.45) is 0 Å². The Balaban J connectivity index is 0.00000380. The van der Waals surface area contributed by atoms with Gasteiger partial charge in [-0.2, -0.15) is 16.8 Å². The Kier molecular flexibility index (Phi) is 16.3. The topological polar surface area (TPSA) is 176 Å². The van der Waals surface area contributed by atoms with E-state index in [2.05, 4.69) is 63.7 Å². The predicted octanol–water partition coefficient (Wildman–Crippen LogP) is 2.51. The molecule has 1 heterocycles. The van der Waals surface area contributed by atoms with Gasteiger partial charge in [0.25, 0.3) is 20.2 Å². The normalized spacial score (nSPS) is 13.5. The Morgan fingerprint density at radius 1 is 0.650 bits per heavy atom. The van der Waals surface area contributed by atoms with Gasteiger partial charge < -0.3 is 14.9 Å². The van der Waals surface area contributed by atoms with E-state index in [1.165, 1.54) is 12.1 Å². The molecule has 3 aromatic rings. The number of carbonyl (C=O) groups is 1. The van der Waals surface area contributed by atoms with E-state index in [1.54, 1.807) is 0 Å². The number of cyclic esters (lactones) is 1. The number of rotatable bonds is 4. The average molecular weight is 890 g/mol. The fourth-order valence-corrected chi connectivity index (χ4v) is 7.62. The van der Waals surface area contributed by atoms with Crippen molar-refractivity contribution < 1.29 is 45.7 Å². The summed E-state index contributed by atoms with van der Waals surface area (Å²) in [7, 11) is -9.92. The first-order valence-electron chi connectivity index (χ1n) is 9.23. The number of aromatic hydroxyl groups is 2. The van der Waals surface area contributed by atoms with Crippen LogP contribution in [0.25, 0.3) is 0 Å². The summed E-state index contributed by atoms with van der Waals surface area (Å²) in [5.74, 6) is -2.52. The van der Waals surface area contributed by atoms with Crippen molar-refractivity contribution in [1.82, 2.24) is 0 Å². The molecule has 0 atom stereocenters. The third kappa shape index (κ3) is 7.54. The van der Waals surface area contributed by atoms with E-state index in [0.29, 0.717) is 8.95 Å². The van der Waals surface area contributed by atoms with Gasteiger partial charge in [0, 0.05) is 34.6 Å². The molecule has 3 aromatic carbocycles. The number of halogens is 4. The summed E-state index contributed by atoms with van der Waals surface area (Å²) >= 11 is 13.4. The minimum atomic E-state index is -4.96. The summed E-state index contributed by atoms with van der Waals surface area (Å²) in [4.78, 5) is 11.4. The van der Waals surface area contributed by atoms with E-state index >= 15 is 0 Å². The zero-order valence-corrected chi connectivity index (χ0v) is 25.0. The molecule has 0 saturated heterocycles. The molecule has 0 bridgehead atoms.